The van der Waals surface area contributed by atoms with Crippen molar-refractivity contribution >= 4 is 33.2 Å². The standard InChI is InChI=1S/C16H17N3/c1-17-13-6-4-11-8-12-5-7-14(19(2)3)10-16(12)18-15(11)9-13/h4-10,17H,1-3H3. The molecule has 96 valence electrons. The molecule has 0 aliphatic carbocycles. The average molecular weight is 251 g/mol. The predicted octanol–water partition coefficient (Wildman–Crippen LogP) is 3.50. The van der Waals surface area contributed by atoms with Gasteiger partial charge in [0.2, 0.25) is 0 Å². The van der Waals surface area contributed by atoms with Gasteiger partial charge in [-0.05, 0) is 30.3 Å². The molecule has 3 nitrogen and oxygen atoms in total. The molecule has 0 saturated heterocycles. The Labute approximate surface area is 112 Å². The molecule has 0 saturated carbocycles. The lowest BCUT2D eigenvalue weighted by Gasteiger charge is -2.13. The molecule has 0 unspecified atom stereocenters. The number of fused-ring (bicyclic) bond motifs is 2. The number of anilines is 2. The lowest BCUT2D eigenvalue weighted by Crippen LogP contribution is -2.08. The molecule has 3 rings (SSSR count). The molecule has 0 bridgehead atoms. The fraction of sp³-hybridized carbons (Fsp3) is 0.188. The zero-order chi connectivity index (χ0) is 13.4. The van der Waals surface area contributed by atoms with Crippen LogP contribution < -0.4 is 10.2 Å². The second-order valence-electron chi connectivity index (χ2n) is 4.92. The number of nitrogens with zero attached hydrogens (tertiary/aromatic N) is 2. The minimum absolute atomic E-state index is 1.02. The smallest absolute Gasteiger partial charge is 0.0730 e. The van der Waals surface area contributed by atoms with Crippen LogP contribution in [0.3, 0.4) is 0 Å². The molecule has 3 aromatic rings. The highest BCUT2D eigenvalue weighted by Crippen LogP contribution is 2.25. The van der Waals surface area contributed by atoms with Crippen molar-refractivity contribution in [1.82, 2.24) is 4.98 Å². The molecule has 2 aromatic carbocycles. The highest BCUT2D eigenvalue weighted by atomic mass is 15.1. The number of benzene rings is 2. The van der Waals surface area contributed by atoms with Crippen molar-refractivity contribution in [2.45, 2.75) is 0 Å². The summed E-state index contributed by atoms with van der Waals surface area (Å²) in [6, 6.07) is 14.8. The Morgan fingerprint density at radius 1 is 0.895 bits per heavy atom. The molecule has 3 heteroatoms. The largest absolute Gasteiger partial charge is 0.388 e. The Bertz CT molecular complexity index is 747. The van der Waals surface area contributed by atoms with Gasteiger partial charge in [0.25, 0.3) is 0 Å². The first-order valence-corrected chi connectivity index (χ1v) is 6.37. The van der Waals surface area contributed by atoms with Gasteiger partial charge in [-0.25, -0.2) is 4.98 Å². The van der Waals surface area contributed by atoms with Crippen molar-refractivity contribution in [2.75, 3.05) is 31.4 Å². The molecule has 0 amide bonds. The Kier molecular flexibility index (Phi) is 2.75. The summed E-state index contributed by atoms with van der Waals surface area (Å²) < 4.78 is 0. The summed E-state index contributed by atoms with van der Waals surface area (Å²) in [4.78, 5) is 6.86. The van der Waals surface area contributed by atoms with E-state index in [2.05, 4.69) is 52.7 Å². The molecule has 0 radical (unpaired) electrons. The van der Waals surface area contributed by atoms with Gasteiger partial charge in [0, 0.05) is 43.3 Å². The summed E-state index contributed by atoms with van der Waals surface area (Å²) in [5, 5.41) is 5.50. The van der Waals surface area contributed by atoms with Crippen LogP contribution in [0.1, 0.15) is 0 Å². The number of rotatable bonds is 2. The Hall–Kier alpha value is -2.29. The summed E-state index contributed by atoms with van der Waals surface area (Å²) in [6.45, 7) is 0. The Morgan fingerprint density at radius 3 is 2.26 bits per heavy atom. The summed E-state index contributed by atoms with van der Waals surface area (Å²) >= 11 is 0. The first-order chi connectivity index (χ1) is 9.17. The van der Waals surface area contributed by atoms with E-state index in [9.17, 15) is 0 Å². The van der Waals surface area contributed by atoms with Crippen molar-refractivity contribution in [2.24, 2.45) is 0 Å². The van der Waals surface area contributed by atoms with E-state index in [1.165, 1.54) is 16.5 Å². The van der Waals surface area contributed by atoms with E-state index < -0.39 is 0 Å². The molecule has 0 aliphatic rings. The molecule has 1 N–H and O–H groups in total. The average Bonchev–Trinajstić information content (AvgIpc) is 2.43. The lowest BCUT2D eigenvalue weighted by molar-refractivity contribution is 1.13. The molecule has 1 heterocycles. The molecule has 0 fully saturated rings. The van der Waals surface area contributed by atoms with Crippen LogP contribution in [-0.4, -0.2) is 26.1 Å². The van der Waals surface area contributed by atoms with Crippen molar-refractivity contribution in [3.05, 3.63) is 42.5 Å². The number of hydrogen-bond donors (Lipinski definition) is 1. The lowest BCUT2D eigenvalue weighted by atomic mass is 10.1. The first kappa shape index (κ1) is 11.8. The van der Waals surface area contributed by atoms with Gasteiger partial charge in [0.15, 0.2) is 0 Å². The van der Waals surface area contributed by atoms with Gasteiger partial charge in [-0.15, -0.1) is 0 Å². The van der Waals surface area contributed by atoms with Crippen molar-refractivity contribution in [1.29, 1.82) is 0 Å². The topological polar surface area (TPSA) is 28.2 Å². The van der Waals surface area contributed by atoms with Crippen LogP contribution in [-0.2, 0) is 0 Å². The number of nitrogens with one attached hydrogen (secondary N) is 1. The van der Waals surface area contributed by atoms with Crippen LogP contribution >= 0.6 is 0 Å². The monoisotopic (exact) mass is 251 g/mol. The van der Waals surface area contributed by atoms with Gasteiger partial charge in [0.1, 0.15) is 0 Å². The third kappa shape index (κ3) is 2.08. The van der Waals surface area contributed by atoms with Gasteiger partial charge in [-0.1, -0.05) is 12.1 Å². The van der Waals surface area contributed by atoms with Crippen LogP contribution in [0.25, 0.3) is 21.8 Å². The maximum absolute atomic E-state index is 4.76. The van der Waals surface area contributed by atoms with Crippen molar-refractivity contribution in [3.8, 4) is 0 Å². The minimum Gasteiger partial charge on any atom is -0.388 e. The van der Waals surface area contributed by atoms with Crippen LogP contribution in [0.15, 0.2) is 42.5 Å². The van der Waals surface area contributed by atoms with Crippen LogP contribution in [0, 0.1) is 0 Å². The summed E-state index contributed by atoms with van der Waals surface area (Å²) in [7, 11) is 6.01. The van der Waals surface area contributed by atoms with E-state index in [0.717, 1.165) is 16.7 Å². The van der Waals surface area contributed by atoms with E-state index in [1.807, 2.05) is 21.1 Å². The highest BCUT2D eigenvalue weighted by molar-refractivity contribution is 5.95. The van der Waals surface area contributed by atoms with E-state index >= 15 is 0 Å². The van der Waals surface area contributed by atoms with Gasteiger partial charge < -0.3 is 10.2 Å². The predicted molar refractivity (Wildman–Crippen MR) is 83.1 cm³/mol. The molecule has 0 aliphatic heterocycles. The van der Waals surface area contributed by atoms with Crippen LogP contribution in [0.4, 0.5) is 11.4 Å². The van der Waals surface area contributed by atoms with Gasteiger partial charge in [0.05, 0.1) is 11.0 Å². The van der Waals surface area contributed by atoms with Gasteiger partial charge in [-0.3, -0.25) is 0 Å². The Morgan fingerprint density at radius 2 is 1.58 bits per heavy atom. The first-order valence-electron chi connectivity index (χ1n) is 6.37. The third-order valence-corrected chi connectivity index (χ3v) is 3.40. The van der Waals surface area contributed by atoms with E-state index in [-0.39, 0.29) is 0 Å². The summed E-state index contributed by atoms with van der Waals surface area (Å²) in [5.41, 5.74) is 4.31. The maximum atomic E-state index is 4.76. The SMILES string of the molecule is CNc1ccc2cc3ccc(N(C)C)cc3nc2c1. The van der Waals surface area contributed by atoms with Crippen LogP contribution in [0.2, 0.25) is 0 Å². The maximum Gasteiger partial charge on any atom is 0.0730 e. The summed E-state index contributed by atoms with van der Waals surface area (Å²) in [6.07, 6.45) is 0. The van der Waals surface area contributed by atoms with Gasteiger partial charge >= 0.3 is 0 Å². The molecule has 0 atom stereocenters. The molecule has 1 aromatic heterocycles. The quantitative estimate of drug-likeness (QED) is 0.707. The molecule has 19 heavy (non-hydrogen) atoms. The molecule has 0 spiro atoms. The highest BCUT2D eigenvalue weighted by Gasteiger charge is 2.03. The number of aromatic nitrogens is 1. The van der Waals surface area contributed by atoms with E-state index in [1.54, 1.807) is 0 Å². The van der Waals surface area contributed by atoms with Gasteiger partial charge in [-0.2, -0.15) is 0 Å². The molecular weight excluding hydrogens is 234 g/mol. The van der Waals surface area contributed by atoms with Crippen molar-refractivity contribution in [3.63, 3.8) is 0 Å². The van der Waals surface area contributed by atoms with E-state index in [4.69, 9.17) is 4.98 Å². The molecular formula is C16H17N3. The second-order valence-corrected chi connectivity index (χ2v) is 4.92. The zero-order valence-electron chi connectivity index (χ0n) is 11.4. The Balaban J connectivity index is 2.26. The number of pyridine rings is 1. The summed E-state index contributed by atoms with van der Waals surface area (Å²) in [5.74, 6) is 0. The fourth-order valence-corrected chi connectivity index (χ4v) is 2.24. The fourth-order valence-electron chi connectivity index (χ4n) is 2.24. The normalized spacial score (nSPS) is 10.9. The van der Waals surface area contributed by atoms with E-state index in [0.29, 0.717) is 0 Å². The van der Waals surface area contributed by atoms with Crippen LogP contribution in [0.5, 0.6) is 0 Å². The van der Waals surface area contributed by atoms with Crippen molar-refractivity contribution < 1.29 is 0 Å². The minimum atomic E-state index is 1.02. The second kappa shape index (κ2) is 4.43. The zero-order valence-corrected chi connectivity index (χ0v) is 11.4. The number of hydrogen-bond acceptors (Lipinski definition) is 3. The third-order valence-electron chi connectivity index (χ3n) is 3.40.